The van der Waals surface area contributed by atoms with Gasteiger partial charge in [-0.3, -0.25) is 19.8 Å². The van der Waals surface area contributed by atoms with E-state index in [-0.39, 0.29) is 6.42 Å². The molecule has 0 radical (unpaired) electrons. The fourth-order valence-corrected chi connectivity index (χ4v) is 5.73. The van der Waals surface area contributed by atoms with Crippen LogP contribution in [0.5, 0.6) is 0 Å². The summed E-state index contributed by atoms with van der Waals surface area (Å²) in [5.74, 6) is -6.30. The Morgan fingerprint density at radius 1 is 1.11 bits per heavy atom. The number of hydrogen-bond acceptors (Lipinski definition) is 16. The van der Waals surface area contributed by atoms with E-state index in [1.165, 1.54) is 21.0 Å². The van der Waals surface area contributed by atoms with Crippen LogP contribution in [0.2, 0.25) is 0 Å². The molecule has 2 heterocycles. The number of carboxylic acids is 1. The highest BCUT2D eigenvalue weighted by molar-refractivity contribution is 6.51. The van der Waals surface area contributed by atoms with E-state index >= 15 is 0 Å². The molecule has 17 heteroatoms. The highest BCUT2D eigenvalue weighted by atomic mass is 16.7. The molecule has 0 unspecified atom stereocenters. The van der Waals surface area contributed by atoms with Crippen molar-refractivity contribution in [1.82, 2.24) is 0 Å². The van der Waals surface area contributed by atoms with Crippen LogP contribution in [0.3, 0.4) is 0 Å². The number of carbonyl (C=O) groups is 4. The minimum atomic E-state index is -2.92. The number of carboxylic acid groups (broad SMARTS) is 1. The van der Waals surface area contributed by atoms with Crippen LogP contribution in [0, 0.1) is 11.3 Å². The molecule has 3 rings (SSSR count). The maximum atomic E-state index is 12.5. The van der Waals surface area contributed by atoms with Gasteiger partial charge in [-0.2, -0.15) is 0 Å². The van der Waals surface area contributed by atoms with Crippen LogP contribution in [-0.4, -0.2) is 140 Å². The first-order valence-electron chi connectivity index (χ1n) is 14.2. The van der Waals surface area contributed by atoms with Crippen molar-refractivity contribution in [3.63, 3.8) is 0 Å². The first kappa shape index (κ1) is 36.4. The molecule has 0 bridgehead atoms. The van der Waals surface area contributed by atoms with Gasteiger partial charge in [-0.05, 0) is 13.8 Å². The third-order valence-corrected chi connectivity index (χ3v) is 8.37. The summed E-state index contributed by atoms with van der Waals surface area (Å²) in [6.45, 7) is 6.55. The Morgan fingerprint density at radius 2 is 1.73 bits per heavy atom. The minimum Gasteiger partial charge on any atom is -0.508 e. The van der Waals surface area contributed by atoms with Crippen molar-refractivity contribution in [3.05, 3.63) is 11.3 Å². The predicted octanol–water partition coefficient (Wildman–Crippen LogP) is -1.49. The molecule has 0 saturated carbocycles. The highest BCUT2D eigenvalue weighted by Crippen LogP contribution is 2.41. The first-order chi connectivity index (χ1) is 20.8. The normalized spacial score (nSPS) is 38.2. The van der Waals surface area contributed by atoms with Crippen LogP contribution >= 0.6 is 0 Å². The van der Waals surface area contributed by atoms with Gasteiger partial charge in [0.15, 0.2) is 23.3 Å². The van der Waals surface area contributed by atoms with Crippen LogP contribution in [0.15, 0.2) is 11.3 Å². The second-order valence-electron chi connectivity index (χ2n) is 11.7. The molecule has 2 saturated heterocycles. The second kappa shape index (κ2) is 13.8. The molecular weight excluding hydrogens is 606 g/mol. The molecule has 7 N–H and O–H groups in total. The van der Waals surface area contributed by atoms with Crippen molar-refractivity contribution in [2.75, 3.05) is 13.7 Å². The van der Waals surface area contributed by atoms with Crippen LogP contribution < -0.4 is 0 Å². The molecule has 0 aromatic heterocycles. The third kappa shape index (κ3) is 6.90. The van der Waals surface area contributed by atoms with Gasteiger partial charge in [0.2, 0.25) is 0 Å². The molecule has 2 aliphatic heterocycles. The van der Waals surface area contributed by atoms with Gasteiger partial charge in [-0.1, -0.05) is 13.8 Å². The molecule has 2 fully saturated rings. The van der Waals surface area contributed by atoms with Crippen LogP contribution in [-0.2, 0) is 47.6 Å². The number of nitrogens with one attached hydrogen (secondary N) is 1. The molecule has 0 aromatic carbocycles. The number of methoxy groups -OCH3 is 1. The van der Waals surface area contributed by atoms with E-state index in [1.54, 1.807) is 13.8 Å². The topological polar surface area (TPSA) is 269 Å². The lowest BCUT2D eigenvalue weighted by Crippen LogP contribution is -2.69. The van der Waals surface area contributed by atoms with Crippen molar-refractivity contribution in [2.45, 2.75) is 114 Å². The number of carbonyl (C=O) groups excluding carboxylic acids is 3. The average molecular weight is 648 g/mol. The maximum absolute atomic E-state index is 12.5. The van der Waals surface area contributed by atoms with E-state index in [0.29, 0.717) is 0 Å². The number of hydrogen-bond donors (Lipinski definition) is 7. The number of aliphatic hydroxyl groups excluding tert-OH is 3. The average Bonchev–Trinajstić information content (AvgIpc) is 2.95. The Bertz CT molecular complexity index is 1220. The number of esters is 2. The summed E-state index contributed by atoms with van der Waals surface area (Å²) < 4.78 is 33.2. The maximum Gasteiger partial charge on any atom is 0.341 e. The summed E-state index contributed by atoms with van der Waals surface area (Å²) >= 11 is 0. The number of rotatable bonds is 10. The Labute approximate surface area is 258 Å². The fraction of sp³-hybridized carbons (Fsp3) is 0.750. The number of aliphatic hydroxyl groups is 5. The van der Waals surface area contributed by atoms with E-state index in [2.05, 4.69) is 0 Å². The summed E-state index contributed by atoms with van der Waals surface area (Å²) in [6.07, 6.45) is -15.3. The Kier molecular flexibility index (Phi) is 11.1. The van der Waals surface area contributed by atoms with Gasteiger partial charge in [-0.25, -0.2) is 4.79 Å². The molecule has 0 amide bonds. The van der Waals surface area contributed by atoms with Gasteiger partial charge in [-0.15, -0.1) is 0 Å². The molecule has 11 atom stereocenters. The van der Waals surface area contributed by atoms with Gasteiger partial charge in [0.25, 0.3) is 0 Å². The Hall–Kier alpha value is -3.03. The molecule has 3 aliphatic rings. The van der Waals surface area contributed by atoms with Crippen molar-refractivity contribution in [3.8, 4) is 0 Å². The zero-order valence-electron chi connectivity index (χ0n) is 25.7. The lowest BCUT2D eigenvalue weighted by Gasteiger charge is -2.51. The lowest BCUT2D eigenvalue weighted by atomic mass is 9.74. The van der Waals surface area contributed by atoms with Gasteiger partial charge < -0.3 is 59.1 Å². The van der Waals surface area contributed by atoms with Crippen molar-refractivity contribution < 1.29 is 78.2 Å². The standard InChI is InChI=1S/C28H41NO16/c1-10(2)26(37)43-12(4)28(39)11(3)42-17(7-16(28)40-6)45-22-20(32)15(9-41-13(5)30)44-24(21(22)33)27(38)8-14(31)19(29)18(23(27)34)25(35)36/h10-12,15-17,20-22,24,29,32-34,38-39H,7-9H2,1-6H3,(H,35,36)/t11-,12-,15+,16-,17-,20+,21+,22+,24+,27+,28-/m0/s1. The zero-order chi connectivity index (χ0) is 34.2. The van der Waals surface area contributed by atoms with Crippen molar-refractivity contribution in [2.24, 2.45) is 5.92 Å². The van der Waals surface area contributed by atoms with Gasteiger partial charge in [0.05, 0.1) is 24.5 Å². The van der Waals surface area contributed by atoms with E-state index in [9.17, 15) is 49.8 Å². The quantitative estimate of drug-likeness (QED) is 0.133. The summed E-state index contributed by atoms with van der Waals surface area (Å²) in [5, 5.41) is 73.6. The van der Waals surface area contributed by atoms with E-state index < -0.39 is 126 Å². The van der Waals surface area contributed by atoms with Gasteiger partial charge in [0, 0.05) is 20.5 Å². The second-order valence-corrected chi connectivity index (χ2v) is 11.7. The SMILES string of the molecule is CO[C@H]1C[C@H](O[C@H]2[C@@H](O)[C@H]([C@@]3(O)CC(=O)C(=N)C(C(=O)O)=C3O)O[C@H](COC(C)=O)[C@H]2O)O[C@@H](C)[C@]1(O)[C@H](C)OC(=O)C(C)C. The van der Waals surface area contributed by atoms with Crippen molar-refractivity contribution >= 4 is 29.4 Å². The first-order valence-corrected chi connectivity index (χ1v) is 14.2. The molecule has 1 aliphatic carbocycles. The smallest absolute Gasteiger partial charge is 0.341 e. The van der Waals surface area contributed by atoms with Crippen LogP contribution in [0.25, 0.3) is 0 Å². The molecular formula is C28H41NO16. The van der Waals surface area contributed by atoms with Gasteiger partial charge in [0.1, 0.15) is 60.3 Å². The number of aliphatic carboxylic acids is 1. The number of Topliss-reactive ketones (excluding diaryl/α,β-unsaturated/α-hetero) is 1. The number of ketones is 1. The predicted molar refractivity (Wildman–Crippen MR) is 147 cm³/mol. The monoisotopic (exact) mass is 647 g/mol. The van der Waals surface area contributed by atoms with Gasteiger partial charge >= 0.3 is 17.9 Å². The molecule has 45 heavy (non-hydrogen) atoms. The Balaban J connectivity index is 1.96. The zero-order valence-corrected chi connectivity index (χ0v) is 25.7. The Morgan fingerprint density at radius 3 is 2.27 bits per heavy atom. The van der Waals surface area contributed by atoms with Crippen LogP contribution in [0.1, 0.15) is 47.5 Å². The lowest BCUT2D eigenvalue weighted by molar-refractivity contribution is -0.344. The minimum absolute atomic E-state index is 0.245. The molecule has 254 valence electrons. The fourth-order valence-electron chi connectivity index (χ4n) is 5.73. The molecule has 0 spiro atoms. The summed E-state index contributed by atoms with van der Waals surface area (Å²) in [5.41, 5.74) is -7.10. The summed E-state index contributed by atoms with van der Waals surface area (Å²) in [6, 6.07) is 0. The van der Waals surface area contributed by atoms with E-state index in [1.807, 2.05) is 0 Å². The van der Waals surface area contributed by atoms with E-state index in [4.69, 9.17) is 33.8 Å². The van der Waals surface area contributed by atoms with E-state index in [0.717, 1.165) is 6.92 Å². The third-order valence-electron chi connectivity index (χ3n) is 8.37. The summed E-state index contributed by atoms with van der Waals surface area (Å²) in [4.78, 5) is 48.0. The molecule has 17 nitrogen and oxygen atoms in total. The largest absolute Gasteiger partial charge is 0.508 e. The van der Waals surface area contributed by atoms with Crippen LogP contribution in [0.4, 0.5) is 0 Å². The highest BCUT2D eigenvalue weighted by Gasteiger charge is 2.61. The number of ether oxygens (including phenoxy) is 6. The molecule has 0 aromatic rings. The van der Waals surface area contributed by atoms with Crippen molar-refractivity contribution in [1.29, 1.82) is 5.41 Å². The summed E-state index contributed by atoms with van der Waals surface area (Å²) in [7, 11) is 1.29.